The van der Waals surface area contributed by atoms with E-state index in [1.165, 1.54) is 7.11 Å². The highest BCUT2D eigenvalue weighted by molar-refractivity contribution is 7.85. The molecule has 0 fully saturated rings. The summed E-state index contributed by atoms with van der Waals surface area (Å²) in [5.41, 5.74) is 0. The maximum Gasteiger partial charge on any atom is 0.329 e. The van der Waals surface area contributed by atoms with Crippen molar-refractivity contribution in [3.05, 3.63) is 12.7 Å². The summed E-state index contributed by atoms with van der Waals surface area (Å²) in [5, 5.41) is 0. The zero-order valence-corrected chi connectivity index (χ0v) is 7.09. The molecule has 0 spiro atoms. The van der Waals surface area contributed by atoms with E-state index in [9.17, 15) is 13.2 Å². The molecule has 0 unspecified atom stereocenters. The summed E-state index contributed by atoms with van der Waals surface area (Å²) < 4.78 is 30.0. The maximum absolute atomic E-state index is 9.84. The first-order valence-electron chi connectivity index (χ1n) is 2.44. The van der Waals surface area contributed by atoms with Crippen LogP contribution in [0.5, 0.6) is 0 Å². The van der Waals surface area contributed by atoms with E-state index >= 15 is 0 Å². The predicted molar refractivity (Wildman–Crippen MR) is 39.7 cm³/mol. The van der Waals surface area contributed by atoms with E-state index in [4.69, 9.17) is 4.55 Å². The van der Waals surface area contributed by atoms with Crippen molar-refractivity contribution in [2.75, 3.05) is 13.4 Å². The summed E-state index contributed by atoms with van der Waals surface area (Å²) in [6.45, 7) is 3.16. The molecule has 0 atom stereocenters. The number of hydrogen-bond acceptors (Lipinski definition) is 4. The fraction of sp³-hybridized carbons (Fsp3) is 0.400. The number of carbonyl (C=O) groups excluding carboxylic acids is 1. The fourth-order valence-corrected chi connectivity index (χ4v) is 0.0833. The molecule has 0 saturated heterocycles. The van der Waals surface area contributed by atoms with Gasteiger partial charge in [0.2, 0.25) is 0 Å². The standard InChI is InChI=1S/C4H6O2.CH4O3S/c1-3-4(5)6-2;1-5(2,3)4/h3H,1H2,2H3;1H3,(H,2,3,4). The van der Waals surface area contributed by atoms with Gasteiger partial charge in [0.1, 0.15) is 0 Å². The molecule has 6 heteroatoms. The number of rotatable bonds is 1. The predicted octanol–water partition coefficient (Wildman–Crippen LogP) is -0.151. The normalized spacial score (nSPS) is 9.00. The second-order valence-corrected chi connectivity index (χ2v) is 2.93. The molecule has 11 heavy (non-hydrogen) atoms. The van der Waals surface area contributed by atoms with Gasteiger partial charge in [-0.15, -0.1) is 0 Å². The van der Waals surface area contributed by atoms with Crippen molar-refractivity contribution >= 4 is 16.1 Å². The van der Waals surface area contributed by atoms with E-state index in [1.807, 2.05) is 0 Å². The van der Waals surface area contributed by atoms with E-state index in [2.05, 4.69) is 11.3 Å². The van der Waals surface area contributed by atoms with Gasteiger partial charge in [-0.25, -0.2) is 4.79 Å². The maximum atomic E-state index is 9.84. The summed E-state index contributed by atoms with van der Waals surface area (Å²) >= 11 is 0. The average Bonchev–Trinajstić information content (AvgIpc) is 1.83. The van der Waals surface area contributed by atoms with Crippen molar-refractivity contribution in [3.63, 3.8) is 0 Å². The minimum absolute atomic E-state index is 0.394. The Labute approximate surface area is 65.4 Å². The van der Waals surface area contributed by atoms with Crippen LogP contribution in [-0.2, 0) is 19.6 Å². The molecule has 66 valence electrons. The van der Waals surface area contributed by atoms with Crippen LogP contribution in [0.15, 0.2) is 12.7 Å². The summed E-state index contributed by atoms with van der Waals surface area (Å²) in [7, 11) is -2.36. The van der Waals surface area contributed by atoms with Crippen molar-refractivity contribution < 1.29 is 22.5 Å². The number of hydrogen-bond donors (Lipinski definition) is 1. The van der Waals surface area contributed by atoms with Crippen LogP contribution >= 0.6 is 0 Å². The Bertz CT molecular complexity index is 207. The molecule has 0 aliphatic rings. The van der Waals surface area contributed by atoms with Crippen LogP contribution in [0.25, 0.3) is 0 Å². The monoisotopic (exact) mass is 182 g/mol. The molecule has 0 aliphatic carbocycles. The van der Waals surface area contributed by atoms with Gasteiger partial charge >= 0.3 is 5.97 Å². The summed E-state index contributed by atoms with van der Waals surface area (Å²) in [4.78, 5) is 9.84. The third kappa shape index (κ3) is 47.5. The minimum Gasteiger partial charge on any atom is -0.466 e. The second-order valence-electron chi connectivity index (χ2n) is 1.46. The van der Waals surface area contributed by atoms with E-state index in [-0.39, 0.29) is 0 Å². The van der Waals surface area contributed by atoms with Gasteiger partial charge in [0.25, 0.3) is 10.1 Å². The molecule has 0 bridgehead atoms. The van der Waals surface area contributed by atoms with Crippen molar-refractivity contribution in [2.24, 2.45) is 0 Å². The van der Waals surface area contributed by atoms with Crippen molar-refractivity contribution in [1.29, 1.82) is 0 Å². The first-order chi connectivity index (χ1) is 4.81. The molecule has 5 nitrogen and oxygen atoms in total. The Morgan fingerprint density at radius 2 is 1.91 bits per heavy atom. The lowest BCUT2D eigenvalue weighted by Gasteiger charge is -1.83. The molecule has 0 rings (SSSR count). The Morgan fingerprint density at radius 1 is 1.64 bits per heavy atom. The molecule has 0 aromatic heterocycles. The van der Waals surface area contributed by atoms with Crippen molar-refractivity contribution in [3.8, 4) is 0 Å². The first-order valence-corrected chi connectivity index (χ1v) is 4.29. The topological polar surface area (TPSA) is 80.7 Å². The summed E-state index contributed by atoms with van der Waals surface area (Å²) in [6.07, 6.45) is 1.83. The lowest BCUT2D eigenvalue weighted by molar-refractivity contribution is -0.134. The van der Waals surface area contributed by atoms with Gasteiger partial charge in [0.15, 0.2) is 0 Å². The van der Waals surface area contributed by atoms with Crippen LogP contribution in [0.1, 0.15) is 0 Å². The van der Waals surface area contributed by atoms with Gasteiger partial charge in [-0.1, -0.05) is 6.58 Å². The molecular weight excluding hydrogens is 172 g/mol. The van der Waals surface area contributed by atoms with E-state index in [0.717, 1.165) is 6.08 Å². The molecule has 0 aliphatic heterocycles. The molecule has 0 radical (unpaired) electrons. The third-order valence-corrected chi connectivity index (χ3v) is 0.368. The second kappa shape index (κ2) is 5.87. The Balaban J connectivity index is 0. The van der Waals surface area contributed by atoms with Crippen LogP contribution < -0.4 is 0 Å². The number of methoxy groups -OCH3 is 1. The molecule has 0 amide bonds. The third-order valence-electron chi connectivity index (χ3n) is 0.368. The van der Waals surface area contributed by atoms with Crippen LogP contribution in [0, 0.1) is 0 Å². The lowest BCUT2D eigenvalue weighted by Crippen LogP contribution is -1.91. The molecular formula is C5H10O5S. The Kier molecular flexibility index (Phi) is 6.81. The smallest absolute Gasteiger partial charge is 0.329 e. The zero-order chi connectivity index (χ0) is 9.49. The summed E-state index contributed by atoms with van der Waals surface area (Å²) in [6, 6.07) is 0. The van der Waals surface area contributed by atoms with Crippen LogP contribution in [-0.4, -0.2) is 32.3 Å². The fourth-order valence-electron chi connectivity index (χ4n) is 0.0833. The highest BCUT2D eigenvalue weighted by Gasteiger charge is 1.82. The van der Waals surface area contributed by atoms with Crippen LogP contribution in [0.2, 0.25) is 0 Å². The van der Waals surface area contributed by atoms with E-state index in [1.54, 1.807) is 0 Å². The van der Waals surface area contributed by atoms with Gasteiger partial charge in [0, 0.05) is 6.08 Å². The quantitative estimate of drug-likeness (QED) is 0.346. The zero-order valence-electron chi connectivity index (χ0n) is 6.27. The van der Waals surface area contributed by atoms with E-state index in [0.29, 0.717) is 6.26 Å². The number of ether oxygens (including phenoxy) is 1. The first kappa shape index (κ1) is 12.8. The lowest BCUT2D eigenvalue weighted by atomic mass is 10.7. The van der Waals surface area contributed by atoms with Gasteiger partial charge in [-0.2, -0.15) is 8.42 Å². The molecule has 0 aromatic carbocycles. The van der Waals surface area contributed by atoms with Gasteiger partial charge < -0.3 is 4.74 Å². The average molecular weight is 182 g/mol. The Morgan fingerprint density at radius 3 is 1.91 bits per heavy atom. The van der Waals surface area contributed by atoms with Crippen molar-refractivity contribution in [2.45, 2.75) is 0 Å². The minimum atomic E-state index is -3.67. The van der Waals surface area contributed by atoms with Crippen LogP contribution in [0.4, 0.5) is 0 Å². The molecule has 0 saturated carbocycles. The number of carbonyl (C=O) groups is 1. The highest BCUT2D eigenvalue weighted by Crippen LogP contribution is 1.67. The van der Waals surface area contributed by atoms with E-state index < -0.39 is 16.1 Å². The SMILES string of the molecule is C=CC(=O)OC.CS(=O)(=O)O. The number of esters is 1. The Hall–Kier alpha value is -0.880. The largest absolute Gasteiger partial charge is 0.466 e. The van der Waals surface area contributed by atoms with Gasteiger partial charge in [-0.05, 0) is 0 Å². The van der Waals surface area contributed by atoms with Gasteiger partial charge in [0.05, 0.1) is 13.4 Å². The highest BCUT2D eigenvalue weighted by atomic mass is 32.2. The molecule has 0 aromatic rings. The van der Waals surface area contributed by atoms with Crippen LogP contribution in [0.3, 0.4) is 0 Å². The van der Waals surface area contributed by atoms with Crippen molar-refractivity contribution in [1.82, 2.24) is 0 Å². The van der Waals surface area contributed by atoms with Gasteiger partial charge in [-0.3, -0.25) is 4.55 Å². The molecule has 0 heterocycles. The summed E-state index contributed by atoms with van der Waals surface area (Å²) in [5.74, 6) is -0.394. The molecule has 1 N–H and O–H groups in total.